The normalized spacial score (nSPS) is 15.6. The van der Waals surface area contributed by atoms with Crippen molar-refractivity contribution in [2.75, 3.05) is 33.2 Å². The Bertz CT molecular complexity index is 948. The Morgan fingerprint density at radius 1 is 1.18 bits per heavy atom. The molecule has 1 aliphatic heterocycles. The molecule has 9 nitrogen and oxygen atoms in total. The van der Waals surface area contributed by atoms with Crippen LogP contribution in [0.1, 0.15) is 16.1 Å². The van der Waals surface area contributed by atoms with E-state index in [0.29, 0.717) is 44.4 Å². The molecule has 0 unspecified atom stereocenters. The molecule has 0 spiro atoms. The third-order valence-corrected chi connectivity index (χ3v) is 5.40. The second kappa shape index (κ2) is 8.44. The van der Waals surface area contributed by atoms with E-state index in [4.69, 9.17) is 9.56 Å². The van der Waals surface area contributed by atoms with Crippen LogP contribution in [-0.4, -0.2) is 63.3 Å². The lowest BCUT2D eigenvalue weighted by atomic mass is 10.2. The third-order valence-electron chi connectivity index (χ3n) is 4.49. The molecule has 1 saturated heterocycles. The van der Waals surface area contributed by atoms with Crippen LogP contribution < -0.4 is 10.5 Å². The molecule has 1 aliphatic rings. The summed E-state index contributed by atoms with van der Waals surface area (Å²) < 4.78 is 28.1. The van der Waals surface area contributed by atoms with Gasteiger partial charge in [-0.1, -0.05) is 12.1 Å². The number of furan rings is 1. The Hall–Kier alpha value is -2.85. The van der Waals surface area contributed by atoms with Crippen molar-refractivity contribution in [3.05, 3.63) is 54.0 Å². The van der Waals surface area contributed by atoms with Crippen LogP contribution in [0, 0.1) is 0 Å². The molecule has 10 heteroatoms. The predicted octanol–water partition coefficient (Wildman–Crippen LogP) is 0.460. The minimum atomic E-state index is -3.74. The molecule has 28 heavy (non-hydrogen) atoms. The minimum Gasteiger partial charge on any atom is -0.459 e. The van der Waals surface area contributed by atoms with Crippen LogP contribution in [0.5, 0.6) is 0 Å². The number of guanidine groups is 1. The van der Waals surface area contributed by atoms with Crippen LogP contribution in [0.3, 0.4) is 0 Å². The number of nitrogens with two attached hydrogens (primary N) is 1. The SMILES string of the molecule is CN=C(NCc1cccc(S(N)(=O)=O)c1)N1CCN(C(=O)c2ccco2)CC1. The van der Waals surface area contributed by atoms with Crippen LogP contribution in [-0.2, 0) is 16.6 Å². The van der Waals surface area contributed by atoms with E-state index in [2.05, 4.69) is 15.2 Å². The fourth-order valence-corrected chi connectivity index (χ4v) is 3.61. The summed E-state index contributed by atoms with van der Waals surface area (Å²) in [5.74, 6) is 0.907. The lowest BCUT2D eigenvalue weighted by Crippen LogP contribution is -2.53. The topological polar surface area (TPSA) is 121 Å². The van der Waals surface area contributed by atoms with Gasteiger partial charge in [-0.05, 0) is 29.8 Å². The summed E-state index contributed by atoms with van der Waals surface area (Å²) in [5, 5.41) is 8.40. The fourth-order valence-electron chi connectivity index (χ4n) is 3.02. The number of carbonyl (C=O) groups excluding carboxylic acids is 1. The van der Waals surface area contributed by atoms with Crippen molar-refractivity contribution in [2.24, 2.45) is 10.1 Å². The number of hydrogen-bond acceptors (Lipinski definition) is 5. The maximum atomic E-state index is 12.3. The summed E-state index contributed by atoms with van der Waals surface area (Å²) in [6.45, 7) is 2.77. The highest BCUT2D eigenvalue weighted by Crippen LogP contribution is 2.11. The smallest absolute Gasteiger partial charge is 0.289 e. The summed E-state index contributed by atoms with van der Waals surface area (Å²) in [6.07, 6.45) is 1.49. The van der Waals surface area contributed by atoms with Crippen molar-refractivity contribution in [3.8, 4) is 0 Å². The monoisotopic (exact) mass is 405 g/mol. The van der Waals surface area contributed by atoms with Crippen molar-refractivity contribution in [1.82, 2.24) is 15.1 Å². The van der Waals surface area contributed by atoms with E-state index in [9.17, 15) is 13.2 Å². The Balaban J connectivity index is 1.56. The molecule has 0 bridgehead atoms. The second-order valence-corrected chi connectivity index (χ2v) is 7.91. The number of carbonyl (C=O) groups is 1. The molecule has 1 aromatic carbocycles. The van der Waals surface area contributed by atoms with E-state index in [1.54, 1.807) is 30.1 Å². The van der Waals surface area contributed by atoms with Gasteiger partial charge in [-0.3, -0.25) is 9.79 Å². The van der Waals surface area contributed by atoms with Gasteiger partial charge in [-0.25, -0.2) is 13.6 Å². The third kappa shape index (κ3) is 4.70. The van der Waals surface area contributed by atoms with Crippen molar-refractivity contribution < 1.29 is 17.6 Å². The highest BCUT2D eigenvalue weighted by atomic mass is 32.2. The van der Waals surface area contributed by atoms with Gasteiger partial charge in [-0.2, -0.15) is 0 Å². The van der Waals surface area contributed by atoms with E-state index in [1.807, 2.05) is 6.07 Å². The van der Waals surface area contributed by atoms with Crippen molar-refractivity contribution >= 4 is 21.9 Å². The van der Waals surface area contributed by atoms with Gasteiger partial charge in [0.1, 0.15) is 0 Å². The average Bonchev–Trinajstić information content (AvgIpc) is 3.23. The molecule has 1 aromatic heterocycles. The number of piperazine rings is 1. The number of nitrogens with zero attached hydrogens (tertiary/aromatic N) is 3. The second-order valence-electron chi connectivity index (χ2n) is 6.35. The highest BCUT2D eigenvalue weighted by molar-refractivity contribution is 7.89. The molecule has 0 radical (unpaired) electrons. The van der Waals surface area contributed by atoms with Gasteiger partial charge in [0.2, 0.25) is 10.0 Å². The zero-order valence-corrected chi connectivity index (χ0v) is 16.4. The molecule has 1 amide bonds. The summed E-state index contributed by atoms with van der Waals surface area (Å²) in [6, 6.07) is 9.82. The van der Waals surface area contributed by atoms with Gasteiger partial charge < -0.3 is 19.5 Å². The van der Waals surface area contributed by atoms with Crippen molar-refractivity contribution in [1.29, 1.82) is 0 Å². The Labute approximate surface area is 163 Å². The summed E-state index contributed by atoms with van der Waals surface area (Å²) in [7, 11) is -2.05. The standard InChI is InChI=1S/C18H23N5O4S/c1-20-18(21-13-14-4-2-5-15(12-14)28(19,25)26)23-9-7-22(8-10-23)17(24)16-6-3-11-27-16/h2-6,11-12H,7-10,13H2,1H3,(H,20,21)(H2,19,25,26). The number of primary sulfonamides is 1. The van der Waals surface area contributed by atoms with Gasteiger partial charge in [0, 0.05) is 39.8 Å². The summed E-state index contributed by atoms with van der Waals surface area (Å²) in [4.78, 5) is 20.5. The van der Waals surface area contributed by atoms with E-state index < -0.39 is 10.0 Å². The number of hydrogen-bond donors (Lipinski definition) is 2. The molecule has 1 fully saturated rings. The molecule has 2 heterocycles. The molecule has 0 saturated carbocycles. The Morgan fingerprint density at radius 2 is 1.89 bits per heavy atom. The lowest BCUT2D eigenvalue weighted by Gasteiger charge is -2.36. The maximum Gasteiger partial charge on any atom is 0.289 e. The molecule has 2 aromatic rings. The van der Waals surface area contributed by atoms with Gasteiger partial charge in [0.25, 0.3) is 5.91 Å². The first kappa shape index (κ1) is 19.9. The number of aliphatic imine (C=N–C) groups is 1. The van der Waals surface area contributed by atoms with Gasteiger partial charge in [-0.15, -0.1) is 0 Å². The molecule has 3 N–H and O–H groups in total. The molecule has 3 rings (SSSR count). The summed E-state index contributed by atoms with van der Waals surface area (Å²) >= 11 is 0. The van der Waals surface area contributed by atoms with Crippen LogP contribution >= 0.6 is 0 Å². The van der Waals surface area contributed by atoms with Crippen molar-refractivity contribution in [2.45, 2.75) is 11.4 Å². The lowest BCUT2D eigenvalue weighted by molar-refractivity contribution is 0.0657. The van der Waals surface area contributed by atoms with E-state index in [-0.39, 0.29) is 10.8 Å². The first-order valence-corrected chi connectivity index (χ1v) is 10.3. The van der Waals surface area contributed by atoms with Crippen LogP contribution in [0.2, 0.25) is 0 Å². The highest BCUT2D eigenvalue weighted by Gasteiger charge is 2.25. The number of nitrogens with one attached hydrogen (secondary N) is 1. The molecule has 150 valence electrons. The minimum absolute atomic E-state index is 0.0758. The predicted molar refractivity (Wildman–Crippen MR) is 104 cm³/mol. The average molecular weight is 405 g/mol. The number of benzene rings is 1. The Kier molecular flexibility index (Phi) is 6.00. The van der Waals surface area contributed by atoms with Crippen molar-refractivity contribution in [3.63, 3.8) is 0 Å². The number of sulfonamides is 1. The first-order valence-electron chi connectivity index (χ1n) is 8.78. The van der Waals surface area contributed by atoms with Crippen LogP contribution in [0.4, 0.5) is 0 Å². The zero-order chi connectivity index (χ0) is 20.1. The van der Waals surface area contributed by atoms with E-state index >= 15 is 0 Å². The van der Waals surface area contributed by atoms with E-state index in [0.717, 1.165) is 5.56 Å². The molecular weight excluding hydrogens is 382 g/mol. The van der Waals surface area contributed by atoms with Gasteiger partial charge in [0.05, 0.1) is 11.2 Å². The van der Waals surface area contributed by atoms with Crippen LogP contribution in [0.25, 0.3) is 0 Å². The Morgan fingerprint density at radius 3 is 2.50 bits per heavy atom. The molecular formula is C18H23N5O4S. The first-order chi connectivity index (χ1) is 13.4. The van der Waals surface area contributed by atoms with E-state index in [1.165, 1.54) is 18.4 Å². The zero-order valence-electron chi connectivity index (χ0n) is 15.5. The van der Waals surface area contributed by atoms with Gasteiger partial charge >= 0.3 is 0 Å². The molecule has 0 aliphatic carbocycles. The number of amides is 1. The fraction of sp³-hybridized carbons (Fsp3) is 0.333. The quantitative estimate of drug-likeness (QED) is 0.563. The maximum absolute atomic E-state index is 12.3. The number of rotatable bonds is 4. The van der Waals surface area contributed by atoms with Crippen LogP contribution in [0.15, 0.2) is 57.0 Å². The molecule has 0 atom stereocenters. The van der Waals surface area contributed by atoms with Gasteiger partial charge in [0.15, 0.2) is 11.7 Å². The largest absolute Gasteiger partial charge is 0.459 e. The summed E-state index contributed by atoms with van der Waals surface area (Å²) in [5.41, 5.74) is 0.777.